The van der Waals surface area contributed by atoms with Gasteiger partial charge < -0.3 is 20.1 Å². The molecule has 0 aromatic rings. The standard InChI is InChI=1S/C13H28N2O2/c1-4-14-13(2,11-16)7-8-15(3)10-12-6-5-9-17-12/h12,14,16H,4-11H2,1-3H3. The van der Waals surface area contributed by atoms with E-state index in [0.29, 0.717) is 6.10 Å². The van der Waals surface area contributed by atoms with Crippen molar-refractivity contribution in [3.8, 4) is 0 Å². The van der Waals surface area contributed by atoms with Gasteiger partial charge in [-0.25, -0.2) is 0 Å². The van der Waals surface area contributed by atoms with E-state index in [1.807, 2.05) is 0 Å². The Labute approximate surface area is 105 Å². The second kappa shape index (κ2) is 7.31. The minimum atomic E-state index is -0.153. The van der Waals surface area contributed by atoms with Gasteiger partial charge in [0.1, 0.15) is 0 Å². The number of nitrogens with one attached hydrogen (secondary N) is 1. The molecule has 1 heterocycles. The maximum Gasteiger partial charge on any atom is 0.0702 e. The van der Waals surface area contributed by atoms with Crippen LogP contribution in [0.3, 0.4) is 0 Å². The molecule has 0 amide bonds. The number of aliphatic hydroxyl groups excluding tert-OH is 1. The van der Waals surface area contributed by atoms with Gasteiger partial charge in [-0.3, -0.25) is 0 Å². The topological polar surface area (TPSA) is 44.7 Å². The molecule has 1 aliphatic heterocycles. The van der Waals surface area contributed by atoms with Crippen molar-refractivity contribution in [2.24, 2.45) is 0 Å². The van der Waals surface area contributed by atoms with Gasteiger partial charge in [0.2, 0.25) is 0 Å². The van der Waals surface area contributed by atoms with Crippen molar-refractivity contribution in [1.82, 2.24) is 10.2 Å². The van der Waals surface area contributed by atoms with Gasteiger partial charge in [-0.05, 0) is 46.3 Å². The van der Waals surface area contributed by atoms with E-state index in [0.717, 1.165) is 32.7 Å². The molecule has 0 aromatic carbocycles. The van der Waals surface area contributed by atoms with Crippen LogP contribution in [0.15, 0.2) is 0 Å². The summed E-state index contributed by atoms with van der Waals surface area (Å²) in [5, 5.41) is 12.8. The largest absolute Gasteiger partial charge is 0.394 e. The predicted molar refractivity (Wildman–Crippen MR) is 70.3 cm³/mol. The van der Waals surface area contributed by atoms with Crippen LogP contribution < -0.4 is 5.32 Å². The molecule has 102 valence electrons. The fraction of sp³-hybridized carbons (Fsp3) is 1.00. The summed E-state index contributed by atoms with van der Waals surface area (Å²) in [7, 11) is 2.13. The first kappa shape index (κ1) is 14.9. The fourth-order valence-electron chi connectivity index (χ4n) is 2.31. The highest BCUT2D eigenvalue weighted by Crippen LogP contribution is 2.14. The molecule has 4 heteroatoms. The third-order valence-corrected chi connectivity index (χ3v) is 3.54. The summed E-state index contributed by atoms with van der Waals surface area (Å²) in [6.45, 7) is 8.16. The van der Waals surface area contributed by atoms with Gasteiger partial charge in [-0.2, -0.15) is 0 Å². The van der Waals surface area contributed by atoms with Gasteiger partial charge in [0.05, 0.1) is 12.7 Å². The van der Waals surface area contributed by atoms with Crippen molar-refractivity contribution in [2.75, 3.05) is 39.9 Å². The molecule has 0 radical (unpaired) electrons. The molecule has 0 aliphatic carbocycles. The predicted octanol–water partition coefficient (Wildman–Crippen LogP) is 0.848. The van der Waals surface area contributed by atoms with Gasteiger partial charge in [0, 0.05) is 18.7 Å². The number of hydrogen-bond donors (Lipinski definition) is 2. The second-order valence-corrected chi connectivity index (χ2v) is 5.40. The van der Waals surface area contributed by atoms with Crippen molar-refractivity contribution in [1.29, 1.82) is 0 Å². The highest BCUT2D eigenvalue weighted by atomic mass is 16.5. The van der Waals surface area contributed by atoms with E-state index in [-0.39, 0.29) is 12.1 Å². The molecule has 1 aliphatic rings. The normalized spacial score (nSPS) is 24.2. The van der Waals surface area contributed by atoms with Crippen LogP contribution in [0, 0.1) is 0 Å². The van der Waals surface area contributed by atoms with E-state index in [1.165, 1.54) is 12.8 Å². The van der Waals surface area contributed by atoms with Crippen molar-refractivity contribution in [2.45, 2.75) is 44.8 Å². The Bertz CT molecular complexity index is 208. The molecule has 2 unspecified atom stereocenters. The third kappa shape index (κ3) is 5.34. The summed E-state index contributed by atoms with van der Waals surface area (Å²) < 4.78 is 5.62. The van der Waals surface area contributed by atoms with Crippen LogP contribution >= 0.6 is 0 Å². The van der Waals surface area contributed by atoms with E-state index in [1.54, 1.807) is 0 Å². The Hall–Kier alpha value is -0.160. The number of rotatable bonds is 8. The molecule has 2 atom stereocenters. The number of ether oxygens (including phenoxy) is 1. The average Bonchev–Trinajstić information content (AvgIpc) is 2.80. The van der Waals surface area contributed by atoms with Crippen LogP contribution in [-0.2, 0) is 4.74 Å². The van der Waals surface area contributed by atoms with Crippen LogP contribution in [0.2, 0.25) is 0 Å². The highest BCUT2D eigenvalue weighted by molar-refractivity contribution is 4.83. The maximum atomic E-state index is 9.41. The van der Waals surface area contributed by atoms with Crippen LogP contribution in [0.1, 0.15) is 33.1 Å². The molecule has 0 spiro atoms. The van der Waals surface area contributed by atoms with E-state index in [4.69, 9.17) is 4.74 Å². The summed E-state index contributed by atoms with van der Waals surface area (Å²) in [4.78, 5) is 2.31. The van der Waals surface area contributed by atoms with Crippen LogP contribution in [-0.4, -0.2) is 61.5 Å². The molecule has 17 heavy (non-hydrogen) atoms. The molecule has 4 nitrogen and oxygen atoms in total. The second-order valence-electron chi connectivity index (χ2n) is 5.40. The lowest BCUT2D eigenvalue weighted by atomic mass is 9.98. The van der Waals surface area contributed by atoms with Crippen molar-refractivity contribution in [3.63, 3.8) is 0 Å². The van der Waals surface area contributed by atoms with E-state index < -0.39 is 0 Å². The zero-order chi connectivity index (χ0) is 12.7. The molecular formula is C13H28N2O2. The number of nitrogens with zero attached hydrogens (tertiary/aromatic N) is 1. The monoisotopic (exact) mass is 244 g/mol. The highest BCUT2D eigenvalue weighted by Gasteiger charge is 2.23. The molecule has 1 saturated heterocycles. The lowest BCUT2D eigenvalue weighted by Gasteiger charge is -2.31. The molecule has 0 bridgehead atoms. The Balaban J connectivity index is 2.22. The zero-order valence-corrected chi connectivity index (χ0v) is 11.5. The summed E-state index contributed by atoms with van der Waals surface area (Å²) >= 11 is 0. The van der Waals surface area contributed by atoms with Gasteiger partial charge in [-0.1, -0.05) is 6.92 Å². The first-order valence-corrected chi connectivity index (χ1v) is 6.75. The van der Waals surface area contributed by atoms with Gasteiger partial charge in [-0.15, -0.1) is 0 Å². The molecule has 1 fully saturated rings. The summed E-state index contributed by atoms with van der Waals surface area (Å²) in [5.41, 5.74) is -0.153. The average molecular weight is 244 g/mol. The summed E-state index contributed by atoms with van der Waals surface area (Å²) in [6, 6.07) is 0. The Morgan fingerprint density at radius 3 is 2.82 bits per heavy atom. The lowest BCUT2D eigenvalue weighted by Crippen LogP contribution is -2.48. The van der Waals surface area contributed by atoms with Crippen molar-refractivity contribution in [3.05, 3.63) is 0 Å². The van der Waals surface area contributed by atoms with Crippen LogP contribution in [0.25, 0.3) is 0 Å². The first-order chi connectivity index (χ1) is 8.09. The number of likely N-dealkylation sites (N-methyl/N-ethyl adjacent to an activating group) is 2. The van der Waals surface area contributed by atoms with Gasteiger partial charge in [0.15, 0.2) is 0 Å². The Morgan fingerprint density at radius 1 is 1.53 bits per heavy atom. The number of aliphatic hydroxyl groups is 1. The molecule has 1 rings (SSSR count). The maximum absolute atomic E-state index is 9.41. The van der Waals surface area contributed by atoms with Crippen LogP contribution in [0.5, 0.6) is 0 Å². The molecule has 2 N–H and O–H groups in total. The van der Waals surface area contributed by atoms with Crippen LogP contribution in [0.4, 0.5) is 0 Å². The van der Waals surface area contributed by atoms with E-state index >= 15 is 0 Å². The smallest absolute Gasteiger partial charge is 0.0702 e. The Morgan fingerprint density at radius 2 is 2.29 bits per heavy atom. The summed E-state index contributed by atoms with van der Waals surface area (Å²) in [5.74, 6) is 0. The summed E-state index contributed by atoms with van der Waals surface area (Å²) in [6.07, 6.45) is 3.76. The minimum Gasteiger partial charge on any atom is -0.394 e. The lowest BCUT2D eigenvalue weighted by molar-refractivity contribution is 0.0754. The van der Waals surface area contributed by atoms with Gasteiger partial charge in [0.25, 0.3) is 0 Å². The zero-order valence-electron chi connectivity index (χ0n) is 11.5. The molecule has 0 saturated carbocycles. The molecule has 0 aromatic heterocycles. The minimum absolute atomic E-state index is 0.153. The SMILES string of the molecule is CCNC(C)(CO)CCN(C)CC1CCCO1. The van der Waals surface area contributed by atoms with Crippen molar-refractivity contribution >= 4 is 0 Å². The van der Waals surface area contributed by atoms with Crippen molar-refractivity contribution < 1.29 is 9.84 Å². The third-order valence-electron chi connectivity index (χ3n) is 3.54. The first-order valence-electron chi connectivity index (χ1n) is 6.75. The number of hydrogen-bond acceptors (Lipinski definition) is 4. The molecular weight excluding hydrogens is 216 g/mol. The van der Waals surface area contributed by atoms with E-state index in [2.05, 4.69) is 31.1 Å². The quantitative estimate of drug-likeness (QED) is 0.664. The Kier molecular flexibility index (Phi) is 6.41. The van der Waals surface area contributed by atoms with E-state index in [9.17, 15) is 5.11 Å². The van der Waals surface area contributed by atoms with Gasteiger partial charge >= 0.3 is 0 Å². The fourth-order valence-corrected chi connectivity index (χ4v) is 2.31.